The first-order chi connectivity index (χ1) is 13.9. The molecule has 8 heteroatoms. The van der Waals surface area contributed by atoms with E-state index in [4.69, 9.17) is 16.3 Å². The van der Waals surface area contributed by atoms with Crippen LogP contribution in [0.1, 0.15) is 18.4 Å². The average Bonchev–Trinajstić information content (AvgIpc) is 2.71. The molecule has 0 aromatic heterocycles. The Bertz CT molecular complexity index is 924. The smallest absolute Gasteiger partial charge is 0.224 e. The minimum absolute atomic E-state index is 0.129. The van der Waals surface area contributed by atoms with Gasteiger partial charge in [-0.2, -0.15) is 0 Å². The number of rotatable bonds is 4. The first kappa shape index (κ1) is 19.9. The number of nitrogens with one attached hydrogen (secondary N) is 1. The number of hydrogen-bond acceptors (Lipinski definition) is 5. The molecule has 2 aliphatic heterocycles. The fourth-order valence-corrected chi connectivity index (χ4v) is 3.91. The number of nitrogens with zero attached hydrogens (tertiary/aromatic N) is 1. The Morgan fingerprint density at radius 3 is 2.72 bits per heavy atom. The highest BCUT2D eigenvalue weighted by molar-refractivity contribution is 6.30. The molecule has 1 amide bonds. The minimum atomic E-state index is -1.43. The SMILES string of the molecule is O=C1CCc2c(OC[C@]3(O)CCN(c4ccc(Cl)cc4)C[C@H]3O)ccc(F)c2N1. The van der Waals surface area contributed by atoms with Crippen molar-refractivity contribution in [3.63, 3.8) is 0 Å². The van der Waals surface area contributed by atoms with Crippen LogP contribution in [0, 0.1) is 5.82 Å². The molecule has 0 aliphatic carbocycles. The molecule has 154 valence electrons. The number of anilines is 2. The molecule has 4 rings (SSSR count). The van der Waals surface area contributed by atoms with Crippen LogP contribution in [0.3, 0.4) is 0 Å². The molecular formula is C21H22ClFN2O4. The summed E-state index contributed by atoms with van der Waals surface area (Å²) in [6.45, 7) is 0.657. The molecule has 2 aromatic rings. The van der Waals surface area contributed by atoms with Crippen LogP contribution in [-0.4, -0.2) is 47.5 Å². The molecule has 3 N–H and O–H groups in total. The van der Waals surface area contributed by atoms with Gasteiger partial charge in [0.05, 0.1) is 5.69 Å². The number of aliphatic hydroxyl groups excluding tert-OH is 1. The number of β-amino-alcohol motifs (C(OH)–C–C–N with tert-alkyl or cyclic N) is 1. The fourth-order valence-electron chi connectivity index (χ4n) is 3.78. The zero-order valence-corrected chi connectivity index (χ0v) is 16.5. The summed E-state index contributed by atoms with van der Waals surface area (Å²) in [6.07, 6.45) is -0.116. The average molecular weight is 421 g/mol. The van der Waals surface area contributed by atoms with Gasteiger partial charge in [-0.15, -0.1) is 0 Å². The Kier molecular flexibility index (Phi) is 5.38. The standard InChI is InChI=1S/C21H22ClFN2O4/c22-13-1-3-14(4-2-13)25-10-9-21(28,18(26)11-25)12-29-17-7-6-16(23)20-15(17)5-8-19(27)24-20/h1-4,6-7,18,26,28H,5,8-12H2,(H,24,27)/t18-,21-/m1/s1. The van der Waals surface area contributed by atoms with Gasteiger partial charge in [0, 0.05) is 35.8 Å². The molecular weight excluding hydrogens is 399 g/mol. The van der Waals surface area contributed by atoms with E-state index >= 15 is 0 Å². The van der Waals surface area contributed by atoms with Gasteiger partial charge in [0.2, 0.25) is 5.91 Å². The molecule has 6 nitrogen and oxygen atoms in total. The molecule has 0 radical (unpaired) electrons. The molecule has 2 atom stereocenters. The second-order valence-electron chi connectivity index (χ2n) is 7.53. The van der Waals surface area contributed by atoms with E-state index in [1.165, 1.54) is 12.1 Å². The topological polar surface area (TPSA) is 82.0 Å². The predicted molar refractivity (Wildman–Crippen MR) is 108 cm³/mol. The lowest BCUT2D eigenvalue weighted by molar-refractivity contribution is -0.116. The summed E-state index contributed by atoms with van der Waals surface area (Å²) < 4.78 is 19.8. The van der Waals surface area contributed by atoms with Crippen LogP contribution >= 0.6 is 11.6 Å². The number of carbonyl (C=O) groups is 1. The Balaban J connectivity index is 1.45. The number of hydrogen-bond donors (Lipinski definition) is 3. The highest BCUT2D eigenvalue weighted by Crippen LogP contribution is 2.35. The Morgan fingerprint density at radius 1 is 1.24 bits per heavy atom. The van der Waals surface area contributed by atoms with Crippen LogP contribution in [-0.2, 0) is 11.2 Å². The molecule has 0 unspecified atom stereocenters. The van der Waals surface area contributed by atoms with Crippen molar-refractivity contribution in [2.75, 3.05) is 29.9 Å². The second kappa shape index (κ2) is 7.82. The number of aliphatic hydroxyl groups is 2. The maximum Gasteiger partial charge on any atom is 0.224 e. The molecule has 0 saturated carbocycles. The molecule has 29 heavy (non-hydrogen) atoms. The molecule has 2 aliphatic rings. The largest absolute Gasteiger partial charge is 0.490 e. The Labute approximate surface area is 172 Å². The highest BCUT2D eigenvalue weighted by Gasteiger charge is 2.42. The zero-order chi connectivity index (χ0) is 20.6. The summed E-state index contributed by atoms with van der Waals surface area (Å²) in [7, 11) is 0. The van der Waals surface area contributed by atoms with Crippen LogP contribution in [0.25, 0.3) is 0 Å². The number of carbonyl (C=O) groups excluding carboxylic acids is 1. The first-order valence-electron chi connectivity index (χ1n) is 9.51. The Hall–Kier alpha value is -2.35. The van der Waals surface area contributed by atoms with E-state index in [1.807, 2.05) is 17.0 Å². The van der Waals surface area contributed by atoms with E-state index in [0.29, 0.717) is 35.7 Å². The number of ether oxygens (including phenoxy) is 1. The predicted octanol–water partition coefficient (Wildman–Crippen LogP) is 2.74. The van der Waals surface area contributed by atoms with Crippen molar-refractivity contribution >= 4 is 28.9 Å². The highest BCUT2D eigenvalue weighted by atomic mass is 35.5. The number of amides is 1. The molecule has 0 spiro atoms. The number of piperidine rings is 1. The van der Waals surface area contributed by atoms with Crippen molar-refractivity contribution in [2.45, 2.75) is 31.0 Å². The van der Waals surface area contributed by atoms with Gasteiger partial charge in [-0.25, -0.2) is 4.39 Å². The van der Waals surface area contributed by atoms with E-state index < -0.39 is 17.5 Å². The van der Waals surface area contributed by atoms with Gasteiger partial charge in [0.15, 0.2) is 0 Å². The summed E-state index contributed by atoms with van der Waals surface area (Å²) in [6, 6.07) is 10.0. The maximum atomic E-state index is 14.0. The van der Waals surface area contributed by atoms with E-state index in [1.54, 1.807) is 12.1 Å². The van der Waals surface area contributed by atoms with Gasteiger partial charge in [-0.05, 0) is 49.2 Å². The number of halogens is 2. The normalized spacial score (nSPS) is 24.1. The zero-order valence-electron chi connectivity index (χ0n) is 15.7. The molecule has 0 bridgehead atoms. The van der Waals surface area contributed by atoms with E-state index in [0.717, 1.165) is 5.69 Å². The van der Waals surface area contributed by atoms with Crippen LogP contribution < -0.4 is 15.0 Å². The third-order valence-corrected chi connectivity index (χ3v) is 5.84. The molecule has 2 heterocycles. The lowest BCUT2D eigenvalue weighted by Crippen LogP contribution is -2.58. The van der Waals surface area contributed by atoms with E-state index in [2.05, 4.69) is 5.32 Å². The number of benzene rings is 2. The van der Waals surface area contributed by atoms with Crippen LogP contribution in [0.2, 0.25) is 5.02 Å². The summed E-state index contributed by atoms with van der Waals surface area (Å²) in [5.74, 6) is -0.352. The lowest BCUT2D eigenvalue weighted by Gasteiger charge is -2.42. The van der Waals surface area contributed by atoms with Crippen molar-refractivity contribution in [2.24, 2.45) is 0 Å². The summed E-state index contributed by atoms with van der Waals surface area (Å²) in [5.41, 5.74) is 0.187. The third-order valence-electron chi connectivity index (χ3n) is 5.58. The van der Waals surface area contributed by atoms with Crippen LogP contribution in [0.5, 0.6) is 5.75 Å². The third kappa shape index (κ3) is 4.03. The van der Waals surface area contributed by atoms with Crippen LogP contribution in [0.15, 0.2) is 36.4 Å². The summed E-state index contributed by atoms with van der Waals surface area (Å²) in [5, 5.41) is 24.7. The van der Waals surface area contributed by atoms with Gasteiger partial charge in [-0.1, -0.05) is 11.6 Å². The fraction of sp³-hybridized carbons (Fsp3) is 0.381. The van der Waals surface area contributed by atoms with E-state index in [9.17, 15) is 19.4 Å². The van der Waals surface area contributed by atoms with Crippen LogP contribution in [0.4, 0.5) is 15.8 Å². The maximum absolute atomic E-state index is 14.0. The van der Waals surface area contributed by atoms with Gasteiger partial charge in [0.25, 0.3) is 0 Å². The van der Waals surface area contributed by atoms with Crippen molar-refractivity contribution < 1.29 is 24.1 Å². The van der Waals surface area contributed by atoms with Crippen molar-refractivity contribution in [1.82, 2.24) is 0 Å². The first-order valence-corrected chi connectivity index (χ1v) is 9.88. The van der Waals surface area contributed by atoms with Crippen molar-refractivity contribution in [3.05, 3.63) is 52.8 Å². The summed E-state index contributed by atoms with van der Waals surface area (Å²) >= 11 is 5.92. The quantitative estimate of drug-likeness (QED) is 0.708. The van der Waals surface area contributed by atoms with Gasteiger partial charge < -0.3 is 25.2 Å². The minimum Gasteiger partial charge on any atom is -0.490 e. The second-order valence-corrected chi connectivity index (χ2v) is 7.96. The molecule has 1 saturated heterocycles. The summed E-state index contributed by atoms with van der Waals surface area (Å²) in [4.78, 5) is 13.5. The van der Waals surface area contributed by atoms with Gasteiger partial charge in [0.1, 0.15) is 29.9 Å². The van der Waals surface area contributed by atoms with Gasteiger partial charge in [-0.3, -0.25) is 4.79 Å². The van der Waals surface area contributed by atoms with E-state index in [-0.39, 0.29) is 31.2 Å². The Morgan fingerprint density at radius 2 is 2.00 bits per heavy atom. The molecule has 1 fully saturated rings. The van der Waals surface area contributed by atoms with Crippen molar-refractivity contribution in [1.29, 1.82) is 0 Å². The van der Waals surface area contributed by atoms with Gasteiger partial charge >= 0.3 is 0 Å². The number of fused-ring (bicyclic) bond motifs is 1. The lowest BCUT2D eigenvalue weighted by atomic mass is 9.89. The monoisotopic (exact) mass is 420 g/mol. The molecule has 2 aromatic carbocycles. The van der Waals surface area contributed by atoms with Crippen molar-refractivity contribution in [3.8, 4) is 5.75 Å².